The summed E-state index contributed by atoms with van der Waals surface area (Å²) in [6.45, 7) is 8.65. The molecule has 1 atom stereocenters. The van der Waals surface area contributed by atoms with E-state index >= 15 is 0 Å². The summed E-state index contributed by atoms with van der Waals surface area (Å²) in [4.78, 5) is 18.2. The number of carbonyl (C=O) groups is 1. The first-order valence-electron chi connectivity index (χ1n) is 10.2. The maximum Gasteiger partial charge on any atom is 0.220 e. The van der Waals surface area contributed by atoms with Crippen molar-refractivity contribution in [3.05, 3.63) is 63.4 Å². The number of aromatic nitrogens is 3. The topological polar surface area (TPSA) is 59.8 Å². The zero-order valence-electron chi connectivity index (χ0n) is 17.5. The Balaban J connectivity index is 1.56. The molecule has 1 aromatic carbocycles. The highest BCUT2D eigenvalue weighted by molar-refractivity contribution is 7.09. The molecule has 29 heavy (non-hydrogen) atoms. The lowest BCUT2D eigenvalue weighted by Gasteiger charge is -2.36. The van der Waals surface area contributed by atoms with Crippen LogP contribution in [-0.4, -0.2) is 20.7 Å². The summed E-state index contributed by atoms with van der Waals surface area (Å²) < 4.78 is 2.06. The van der Waals surface area contributed by atoms with Crippen molar-refractivity contribution in [1.29, 1.82) is 0 Å². The number of fused-ring (bicyclic) bond motifs is 1. The van der Waals surface area contributed by atoms with E-state index < -0.39 is 0 Å². The molecule has 4 rings (SSSR count). The van der Waals surface area contributed by atoms with Crippen LogP contribution in [0.4, 0.5) is 0 Å². The van der Waals surface area contributed by atoms with Gasteiger partial charge < -0.3 is 5.32 Å². The largest absolute Gasteiger partial charge is 0.349 e. The van der Waals surface area contributed by atoms with Crippen molar-refractivity contribution in [3.63, 3.8) is 0 Å². The number of carbonyl (C=O) groups excluding carboxylic acids is 1. The molecule has 1 unspecified atom stereocenters. The lowest BCUT2D eigenvalue weighted by molar-refractivity contribution is -0.122. The molecule has 1 amide bonds. The van der Waals surface area contributed by atoms with E-state index in [4.69, 9.17) is 5.10 Å². The molecule has 1 aliphatic rings. The molecule has 0 radical (unpaired) electrons. The second-order valence-electron chi connectivity index (χ2n) is 8.77. The predicted octanol–water partition coefficient (Wildman–Crippen LogP) is 4.71. The summed E-state index contributed by atoms with van der Waals surface area (Å²) >= 11 is 1.62. The van der Waals surface area contributed by atoms with Crippen LogP contribution in [0.3, 0.4) is 0 Å². The van der Waals surface area contributed by atoms with Crippen LogP contribution < -0.4 is 5.32 Å². The van der Waals surface area contributed by atoms with Gasteiger partial charge in [-0.1, -0.05) is 32.0 Å². The van der Waals surface area contributed by atoms with E-state index in [1.165, 1.54) is 16.1 Å². The fourth-order valence-corrected chi connectivity index (χ4v) is 5.02. The van der Waals surface area contributed by atoms with Crippen LogP contribution in [0, 0.1) is 19.3 Å². The molecule has 152 valence electrons. The summed E-state index contributed by atoms with van der Waals surface area (Å²) in [5.41, 5.74) is 7.63. The summed E-state index contributed by atoms with van der Waals surface area (Å²) in [5, 5.41) is 7.99. The van der Waals surface area contributed by atoms with Gasteiger partial charge in [0.15, 0.2) is 0 Å². The zero-order chi connectivity index (χ0) is 20.6. The Bertz CT molecular complexity index is 1030. The van der Waals surface area contributed by atoms with Gasteiger partial charge in [-0.05, 0) is 50.2 Å². The average Bonchev–Trinajstić information content (AvgIpc) is 3.25. The molecule has 6 heteroatoms. The van der Waals surface area contributed by atoms with E-state index in [1.54, 1.807) is 11.3 Å². The SMILES string of the molecule is Cc1ccccc1-n1ncc2c1CC(C)(C)CC2NC(=O)CCc1scnc1C. The summed E-state index contributed by atoms with van der Waals surface area (Å²) in [5.74, 6) is 0.0927. The summed E-state index contributed by atoms with van der Waals surface area (Å²) in [6.07, 6.45) is 5.04. The Morgan fingerprint density at radius 1 is 1.31 bits per heavy atom. The van der Waals surface area contributed by atoms with Crippen molar-refractivity contribution in [2.45, 2.75) is 59.4 Å². The maximum atomic E-state index is 12.7. The van der Waals surface area contributed by atoms with Crippen LogP contribution in [0.25, 0.3) is 5.69 Å². The molecule has 0 bridgehead atoms. The number of nitrogens with zero attached hydrogens (tertiary/aromatic N) is 3. The van der Waals surface area contributed by atoms with Crippen molar-refractivity contribution >= 4 is 17.2 Å². The van der Waals surface area contributed by atoms with Crippen LogP contribution in [0.15, 0.2) is 36.0 Å². The molecule has 0 spiro atoms. The van der Waals surface area contributed by atoms with Gasteiger partial charge in [-0.2, -0.15) is 5.10 Å². The van der Waals surface area contributed by atoms with E-state index in [1.807, 2.05) is 30.8 Å². The van der Waals surface area contributed by atoms with E-state index in [0.717, 1.165) is 36.2 Å². The fraction of sp³-hybridized carbons (Fsp3) is 0.435. The highest BCUT2D eigenvalue weighted by atomic mass is 32.1. The van der Waals surface area contributed by atoms with Gasteiger partial charge in [0.2, 0.25) is 5.91 Å². The Morgan fingerprint density at radius 2 is 2.10 bits per heavy atom. The van der Waals surface area contributed by atoms with Crippen molar-refractivity contribution in [2.75, 3.05) is 0 Å². The second-order valence-corrected chi connectivity index (χ2v) is 9.71. The van der Waals surface area contributed by atoms with E-state index in [2.05, 4.69) is 47.9 Å². The van der Waals surface area contributed by atoms with Gasteiger partial charge in [-0.3, -0.25) is 4.79 Å². The lowest BCUT2D eigenvalue weighted by atomic mass is 9.74. The van der Waals surface area contributed by atoms with Crippen LogP contribution in [0.5, 0.6) is 0 Å². The van der Waals surface area contributed by atoms with E-state index in [9.17, 15) is 4.79 Å². The van der Waals surface area contributed by atoms with Crippen LogP contribution in [-0.2, 0) is 17.6 Å². The van der Waals surface area contributed by atoms with Gasteiger partial charge >= 0.3 is 0 Å². The maximum absolute atomic E-state index is 12.7. The zero-order valence-corrected chi connectivity index (χ0v) is 18.3. The third-order valence-corrected chi connectivity index (χ3v) is 6.78. The number of benzene rings is 1. The molecule has 2 heterocycles. The normalized spacial score (nSPS) is 17.7. The monoisotopic (exact) mass is 408 g/mol. The molecule has 0 aliphatic heterocycles. The molecule has 3 aromatic rings. The minimum Gasteiger partial charge on any atom is -0.349 e. The van der Waals surface area contributed by atoms with Crippen LogP contribution >= 0.6 is 11.3 Å². The molecule has 5 nitrogen and oxygen atoms in total. The number of aryl methyl sites for hydroxylation is 3. The smallest absolute Gasteiger partial charge is 0.220 e. The van der Waals surface area contributed by atoms with Gasteiger partial charge in [-0.25, -0.2) is 9.67 Å². The number of hydrogen-bond donors (Lipinski definition) is 1. The van der Waals surface area contributed by atoms with Crippen molar-refractivity contribution in [1.82, 2.24) is 20.1 Å². The molecular formula is C23H28N4OS. The molecular weight excluding hydrogens is 380 g/mol. The standard InChI is InChI=1S/C23H28N4OS/c1-15-7-5-6-8-19(15)27-20-12-23(3,4)11-18(17(20)13-25-27)26-22(28)10-9-21-16(2)24-14-29-21/h5-8,13-14,18H,9-12H2,1-4H3,(H,26,28). The Hall–Kier alpha value is -2.47. The second kappa shape index (κ2) is 7.75. The van der Waals surface area contributed by atoms with Crippen molar-refractivity contribution in [3.8, 4) is 5.69 Å². The average molecular weight is 409 g/mol. The molecule has 2 aromatic heterocycles. The number of para-hydroxylation sites is 1. The lowest BCUT2D eigenvalue weighted by Crippen LogP contribution is -2.36. The quantitative estimate of drug-likeness (QED) is 0.665. The van der Waals surface area contributed by atoms with Crippen molar-refractivity contribution in [2.24, 2.45) is 5.41 Å². The van der Waals surface area contributed by atoms with Gasteiger partial charge in [0, 0.05) is 16.9 Å². The minimum absolute atomic E-state index is 0.00146. The minimum atomic E-state index is 0.00146. The molecule has 1 aliphatic carbocycles. The first-order chi connectivity index (χ1) is 13.8. The van der Waals surface area contributed by atoms with Crippen LogP contribution in [0.1, 0.15) is 60.1 Å². The third-order valence-electron chi connectivity index (χ3n) is 5.78. The van der Waals surface area contributed by atoms with Crippen molar-refractivity contribution < 1.29 is 4.79 Å². The van der Waals surface area contributed by atoms with E-state index in [-0.39, 0.29) is 17.4 Å². The Kier molecular flexibility index (Phi) is 5.30. The molecule has 0 saturated heterocycles. The number of nitrogens with one attached hydrogen (secondary N) is 1. The number of rotatable bonds is 5. The van der Waals surface area contributed by atoms with Gasteiger partial charge in [0.1, 0.15) is 0 Å². The van der Waals surface area contributed by atoms with Gasteiger partial charge in [0.05, 0.1) is 34.8 Å². The van der Waals surface area contributed by atoms with Crippen LogP contribution in [0.2, 0.25) is 0 Å². The first-order valence-corrected chi connectivity index (χ1v) is 11.0. The third kappa shape index (κ3) is 4.13. The highest BCUT2D eigenvalue weighted by Crippen LogP contribution is 2.41. The number of hydrogen-bond acceptors (Lipinski definition) is 4. The van der Waals surface area contributed by atoms with Gasteiger partial charge in [0.25, 0.3) is 0 Å². The Labute approximate surface area is 176 Å². The number of thiazole rings is 1. The number of amides is 1. The molecule has 0 saturated carbocycles. The Morgan fingerprint density at radius 3 is 2.83 bits per heavy atom. The molecule has 1 N–H and O–H groups in total. The summed E-state index contributed by atoms with van der Waals surface area (Å²) in [7, 11) is 0. The fourth-order valence-electron chi connectivity index (χ4n) is 4.24. The predicted molar refractivity (Wildman–Crippen MR) is 116 cm³/mol. The van der Waals surface area contributed by atoms with Gasteiger partial charge in [-0.15, -0.1) is 11.3 Å². The first kappa shape index (κ1) is 19.8. The summed E-state index contributed by atoms with van der Waals surface area (Å²) in [6, 6.07) is 8.31. The highest BCUT2D eigenvalue weighted by Gasteiger charge is 2.36. The molecule has 0 fully saturated rings. The van der Waals surface area contributed by atoms with E-state index in [0.29, 0.717) is 6.42 Å².